The molecule has 1 aliphatic rings. The Morgan fingerprint density at radius 1 is 1.12 bits per heavy atom. The molecule has 0 heterocycles. The molecular weight excluding hydrogens is 224 g/mol. The minimum atomic E-state index is 0.257. The van der Waals surface area contributed by atoms with Crippen molar-refractivity contribution in [2.24, 2.45) is 5.29 Å². The maximum atomic E-state index is 10.9. The van der Waals surface area contributed by atoms with E-state index in [0.717, 1.165) is 18.5 Å². The standard InChI is InChI=1S/C12H15ClN2O/c13-10-6-8-12(9-7-10)15(14-16)11-4-2-1-3-5-11/h6-9,11H,1-5H2. The van der Waals surface area contributed by atoms with E-state index in [2.05, 4.69) is 5.29 Å². The highest BCUT2D eigenvalue weighted by Gasteiger charge is 2.22. The molecule has 2 rings (SSSR count). The van der Waals surface area contributed by atoms with Gasteiger partial charge in [-0.15, -0.1) is 4.91 Å². The van der Waals surface area contributed by atoms with Crippen LogP contribution >= 0.6 is 11.6 Å². The van der Waals surface area contributed by atoms with Gasteiger partial charge in [-0.3, -0.25) is 0 Å². The minimum Gasteiger partial charge on any atom is -0.226 e. The Labute approximate surface area is 100 Å². The van der Waals surface area contributed by atoms with Crippen LogP contribution in [0.15, 0.2) is 29.6 Å². The van der Waals surface area contributed by atoms with Gasteiger partial charge in [0.05, 0.1) is 17.0 Å². The predicted octanol–water partition coefficient (Wildman–Crippen LogP) is 4.16. The van der Waals surface area contributed by atoms with Crippen LogP contribution in [-0.2, 0) is 0 Å². The lowest BCUT2D eigenvalue weighted by molar-refractivity contribution is 0.418. The quantitative estimate of drug-likeness (QED) is 0.585. The predicted molar refractivity (Wildman–Crippen MR) is 66.6 cm³/mol. The summed E-state index contributed by atoms with van der Waals surface area (Å²) in [6.07, 6.45) is 5.74. The molecule has 0 atom stereocenters. The van der Waals surface area contributed by atoms with E-state index >= 15 is 0 Å². The Balaban J connectivity index is 2.14. The fourth-order valence-corrected chi connectivity index (χ4v) is 2.37. The molecule has 4 heteroatoms. The first kappa shape index (κ1) is 11.4. The molecule has 1 fully saturated rings. The molecule has 0 unspecified atom stereocenters. The summed E-state index contributed by atoms with van der Waals surface area (Å²) in [7, 11) is 0. The first-order chi connectivity index (χ1) is 7.81. The molecule has 1 aromatic carbocycles. The summed E-state index contributed by atoms with van der Waals surface area (Å²) < 4.78 is 0. The zero-order valence-corrected chi connectivity index (χ0v) is 9.86. The number of anilines is 1. The van der Waals surface area contributed by atoms with Gasteiger partial charge < -0.3 is 0 Å². The Morgan fingerprint density at radius 2 is 1.75 bits per heavy atom. The van der Waals surface area contributed by atoms with Crippen LogP contribution in [0.25, 0.3) is 0 Å². The number of nitrogens with zero attached hydrogens (tertiary/aromatic N) is 2. The monoisotopic (exact) mass is 238 g/mol. The Hall–Kier alpha value is -1.09. The second kappa shape index (κ2) is 5.30. The van der Waals surface area contributed by atoms with E-state index in [-0.39, 0.29) is 6.04 Å². The van der Waals surface area contributed by atoms with Gasteiger partial charge in [0.25, 0.3) is 0 Å². The van der Waals surface area contributed by atoms with E-state index in [4.69, 9.17) is 11.6 Å². The number of hydrogen-bond donors (Lipinski definition) is 0. The van der Waals surface area contributed by atoms with Crippen LogP contribution in [0.3, 0.4) is 0 Å². The molecule has 0 aromatic heterocycles. The van der Waals surface area contributed by atoms with Crippen molar-refractivity contribution in [2.75, 3.05) is 5.01 Å². The zero-order valence-electron chi connectivity index (χ0n) is 9.10. The highest BCUT2D eigenvalue weighted by atomic mass is 35.5. The largest absolute Gasteiger partial charge is 0.226 e. The van der Waals surface area contributed by atoms with Gasteiger partial charge in [0.2, 0.25) is 0 Å². The lowest BCUT2D eigenvalue weighted by atomic mass is 9.95. The summed E-state index contributed by atoms with van der Waals surface area (Å²) in [6.45, 7) is 0. The Kier molecular flexibility index (Phi) is 3.78. The van der Waals surface area contributed by atoms with Crippen molar-refractivity contribution in [3.05, 3.63) is 34.2 Å². The van der Waals surface area contributed by atoms with E-state index in [0.29, 0.717) is 5.02 Å². The van der Waals surface area contributed by atoms with Crippen LogP contribution < -0.4 is 5.01 Å². The van der Waals surface area contributed by atoms with Gasteiger partial charge in [0.15, 0.2) is 0 Å². The number of rotatable bonds is 3. The van der Waals surface area contributed by atoms with Crippen LogP contribution in [0.5, 0.6) is 0 Å². The van der Waals surface area contributed by atoms with Crippen molar-refractivity contribution < 1.29 is 0 Å². The second-order valence-electron chi connectivity index (χ2n) is 4.19. The fraction of sp³-hybridized carbons (Fsp3) is 0.500. The molecular formula is C12H15ClN2O. The maximum Gasteiger partial charge on any atom is 0.0630 e. The SMILES string of the molecule is O=NN(c1ccc(Cl)cc1)C1CCCCC1. The Bertz CT molecular complexity index is 347. The van der Waals surface area contributed by atoms with Crippen molar-refractivity contribution in [3.63, 3.8) is 0 Å². The summed E-state index contributed by atoms with van der Waals surface area (Å²) in [4.78, 5) is 10.9. The molecule has 0 N–H and O–H groups in total. The third-order valence-electron chi connectivity index (χ3n) is 3.10. The normalized spacial score (nSPS) is 17.1. The highest BCUT2D eigenvalue weighted by molar-refractivity contribution is 6.30. The summed E-state index contributed by atoms with van der Waals surface area (Å²) in [5.74, 6) is 0. The Morgan fingerprint density at radius 3 is 2.31 bits per heavy atom. The number of hydrogen-bond acceptors (Lipinski definition) is 2. The smallest absolute Gasteiger partial charge is 0.0630 e. The van der Waals surface area contributed by atoms with Gasteiger partial charge in [-0.25, -0.2) is 5.01 Å². The molecule has 1 aliphatic carbocycles. The first-order valence-corrected chi connectivity index (χ1v) is 6.07. The summed E-state index contributed by atoms with van der Waals surface area (Å²) in [6, 6.07) is 7.53. The van der Waals surface area contributed by atoms with Gasteiger partial charge in [-0.05, 0) is 37.1 Å². The molecule has 1 aromatic rings. The first-order valence-electron chi connectivity index (χ1n) is 5.69. The van der Waals surface area contributed by atoms with E-state index in [1.807, 2.05) is 12.1 Å². The molecule has 1 saturated carbocycles. The fourth-order valence-electron chi connectivity index (χ4n) is 2.24. The van der Waals surface area contributed by atoms with Crippen LogP contribution in [0.1, 0.15) is 32.1 Å². The van der Waals surface area contributed by atoms with Crippen molar-refractivity contribution in [3.8, 4) is 0 Å². The van der Waals surface area contributed by atoms with Gasteiger partial charge in [0.1, 0.15) is 0 Å². The minimum absolute atomic E-state index is 0.257. The van der Waals surface area contributed by atoms with Gasteiger partial charge in [-0.2, -0.15) is 0 Å². The molecule has 0 aliphatic heterocycles. The van der Waals surface area contributed by atoms with Crippen LogP contribution in [0.2, 0.25) is 5.02 Å². The van der Waals surface area contributed by atoms with Crippen molar-refractivity contribution in [1.29, 1.82) is 0 Å². The molecule has 86 valence electrons. The summed E-state index contributed by atoms with van der Waals surface area (Å²) >= 11 is 5.82. The third-order valence-corrected chi connectivity index (χ3v) is 3.35. The third kappa shape index (κ3) is 2.53. The van der Waals surface area contributed by atoms with E-state index in [1.165, 1.54) is 19.3 Å². The second-order valence-corrected chi connectivity index (χ2v) is 4.63. The van der Waals surface area contributed by atoms with Gasteiger partial charge in [0, 0.05) is 5.02 Å². The van der Waals surface area contributed by atoms with Crippen LogP contribution in [0, 0.1) is 4.91 Å². The average Bonchev–Trinajstić information content (AvgIpc) is 2.34. The van der Waals surface area contributed by atoms with Crippen molar-refractivity contribution >= 4 is 17.3 Å². The number of nitroso groups, excluding NO2 is 1. The van der Waals surface area contributed by atoms with Crippen LogP contribution in [-0.4, -0.2) is 6.04 Å². The lowest BCUT2D eigenvalue weighted by Gasteiger charge is -2.29. The molecule has 16 heavy (non-hydrogen) atoms. The van der Waals surface area contributed by atoms with E-state index in [9.17, 15) is 4.91 Å². The molecule has 0 amide bonds. The number of halogens is 1. The van der Waals surface area contributed by atoms with Gasteiger partial charge in [-0.1, -0.05) is 30.9 Å². The summed E-state index contributed by atoms with van der Waals surface area (Å²) in [5, 5.41) is 5.42. The lowest BCUT2D eigenvalue weighted by Crippen LogP contribution is -2.32. The molecule has 0 spiro atoms. The molecule has 0 bridgehead atoms. The van der Waals surface area contributed by atoms with E-state index < -0.39 is 0 Å². The topological polar surface area (TPSA) is 32.7 Å². The zero-order chi connectivity index (χ0) is 11.4. The summed E-state index contributed by atoms with van der Waals surface area (Å²) in [5.41, 5.74) is 0.839. The average molecular weight is 239 g/mol. The van der Waals surface area contributed by atoms with Crippen molar-refractivity contribution in [1.82, 2.24) is 0 Å². The van der Waals surface area contributed by atoms with Crippen LogP contribution in [0.4, 0.5) is 5.69 Å². The van der Waals surface area contributed by atoms with Crippen molar-refractivity contribution in [2.45, 2.75) is 38.1 Å². The highest BCUT2D eigenvalue weighted by Crippen LogP contribution is 2.28. The molecule has 0 saturated heterocycles. The maximum absolute atomic E-state index is 10.9. The van der Waals surface area contributed by atoms with E-state index in [1.54, 1.807) is 17.1 Å². The van der Waals surface area contributed by atoms with Gasteiger partial charge >= 0.3 is 0 Å². The molecule has 3 nitrogen and oxygen atoms in total. The number of benzene rings is 1. The molecule has 0 radical (unpaired) electrons.